The number of hydrogen-bond donors (Lipinski definition) is 2. The summed E-state index contributed by atoms with van der Waals surface area (Å²) < 4.78 is 1.43. The van der Waals surface area contributed by atoms with E-state index < -0.39 is 5.97 Å². The zero-order valence-corrected chi connectivity index (χ0v) is 11.4. The molecule has 6 heteroatoms. The third-order valence-corrected chi connectivity index (χ3v) is 3.33. The molecule has 0 saturated heterocycles. The van der Waals surface area contributed by atoms with Crippen LogP contribution in [-0.2, 0) is 11.3 Å². The van der Waals surface area contributed by atoms with Crippen LogP contribution in [0.25, 0.3) is 0 Å². The van der Waals surface area contributed by atoms with Gasteiger partial charge in [-0.25, -0.2) is 0 Å². The Morgan fingerprint density at radius 3 is 2.89 bits per heavy atom. The summed E-state index contributed by atoms with van der Waals surface area (Å²) in [6, 6.07) is 3.29. The number of rotatable bonds is 7. The lowest BCUT2D eigenvalue weighted by atomic mass is 10.2. The molecule has 1 atom stereocenters. The first-order valence-corrected chi connectivity index (χ1v) is 7.08. The van der Waals surface area contributed by atoms with Gasteiger partial charge >= 0.3 is 5.97 Å². The minimum Gasteiger partial charge on any atom is -0.480 e. The highest BCUT2D eigenvalue weighted by atomic mass is 32.2. The van der Waals surface area contributed by atoms with Crippen molar-refractivity contribution in [1.29, 1.82) is 0 Å². The molecule has 0 saturated carbocycles. The van der Waals surface area contributed by atoms with E-state index in [0.29, 0.717) is 18.2 Å². The Bertz CT molecular complexity index is 417. The van der Waals surface area contributed by atoms with Crippen LogP contribution in [0.5, 0.6) is 0 Å². The fraction of sp³-hybridized carbons (Fsp3) is 0.500. The Balaban J connectivity index is 2.56. The fourth-order valence-electron chi connectivity index (χ4n) is 1.60. The number of thioether (sulfide) groups is 1. The largest absolute Gasteiger partial charge is 0.480 e. The topological polar surface area (TPSA) is 71.3 Å². The predicted molar refractivity (Wildman–Crippen MR) is 71.9 cm³/mol. The molecule has 2 N–H and O–H groups in total. The van der Waals surface area contributed by atoms with Gasteiger partial charge in [0.25, 0.3) is 5.91 Å². The number of hydrogen-bond acceptors (Lipinski definition) is 3. The number of carbonyl (C=O) groups is 2. The number of aromatic nitrogens is 1. The molecule has 1 heterocycles. The predicted octanol–water partition coefficient (Wildman–Crippen LogP) is 1.30. The molecule has 0 aromatic carbocycles. The molecule has 1 rings (SSSR count). The highest BCUT2D eigenvalue weighted by Gasteiger charge is 2.13. The van der Waals surface area contributed by atoms with Crippen LogP contribution in [0.4, 0.5) is 0 Å². The average molecular weight is 270 g/mol. The van der Waals surface area contributed by atoms with Gasteiger partial charge < -0.3 is 15.0 Å². The second-order valence-electron chi connectivity index (χ2n) is 4.19. The van der Waals surface area contributed by atoms with Crippen LogP contribution >= 0.6 is 11.8 Å². The van der Waals surface area contributed by atoms with E-state index in [1.165, 1.54) is 4.57 Å². The summed E-state index contributed by atoms with van der Waals surface area (Å²) in [5, 5.41) is 11.5. The van der Waals surface area contributed by atoms with Crippen molar-refractivity contribution < 1.29 is 14.7 Å². The fourth-order valence-corrected chi connectivity index (χ4v) is 2.29. The van der Waals surface area contributed by atoms with E-state index in [1.54, 1.807) is 30.1 Å². The van der Waals surface area contributed by atoms with Crippen LogP contribution in [0.3, 0.4) is 0 Å². The molecule has 5 nitrogen and oxygen atoms in total. The van der Waals surface area contributed by atoms with Crippen molar-refractivity contribution in [3.63, 3.8) is 0 Å². The van der Waals surface area contributed by atoms with Crippen LogP contribution in [0.2, 0.25) is 0 Å². The molecule has 0 radical (unpaired) electrons. The Labute approximate surface area is 111 Å². The summed E-state index contributed by atoms with van der Waals surface area (Å²) in [6.45, 7) is 2.46. The van der Waals surface area contributed by atoms with Crippen LogP contribution in [0.1, 0.15) is 17.4 Å². The molecule has 1 unspecified atom stereocenters. The van der Waals surface area contributed by atoms with E-state index in [0.717, 1.165) is 5.75 Å². The second kappa shape index (κ2) is 7.10. The van der Waals surface area contributed by atoms with E-state index in [9.17, 15) is 9.59 Å². The summed E-state index contributed by atoms with van der Waals surface area (Å²) in [6.07, 6.45) is 3.62. The number of nitrogens with zero attached hydrogens (tertiary/aromatic N) is 1. The quantitative estimate of drug-likeness (QED) is 0.783. The Kier molecular flexibility index (Phi) is 5.77. The van der Waals surface area contributed by atoms with Gasteiger partial charge in [0.05, 0.1) is 0 Å². The van der Waals surface area contributed by atoms with Crippen LogP contribution < -0.4 is 5.32 Å². The molecular formula is C12H18N2O3S. The lowest BCUT2D eigenvalue weighted by molar-refractivity contribution is -0.137. The highest BCUT2D eigenvalue weighted by molar-refractivity contribution is 7.98. The molecule has 1 amide bonds. The molecule has 100 valence electrons. The van der Waals surface area contributed by atoms with Crippen molar-refractivity contribution in [1.82, 2.24) is 9.88 Å². The maximum Gasteiger partial charge on any atom is 0.323 e. The van der Waals surface area contributed by atoms with Crippen molar-refractivity contribution in [2.24, 2.45) is 5.92 Å². The lowest BCUT2D eigenvalue weighted by Crippen LogP contribution is -2.31. The van der Waals surface area contributed by atoms with E-state index in [4.69, 9.17) is 5.11 Å². The average Bonchev–Trinajstić information content (AvgIpc) is 2.73. The van der Waals surface area contributed by atoms with Crippen LogP contribution in [-0.4, -0.2) is 40.1 Å². The molecule has 0 fully saturated rings. The van der Waals surface area contributed by atoms with E-state index in [1.807, 2.05) is 6.26 Å². The van der Waals surface area contributed by atoms with Gasteiger partial charge in [-0.15, -0.1) is 0 Å². The molecule has 1 aromatic rings. The van der Waals surface area contributed by atoms with Gasteiger partial charge in [0, 0.05) is 12.7 Å². The monoisotopic (exact) mass is 270 g/mol. The maximum absolute atomic E-state index is 11.9. The Morgan fingerprint density at radius 1 is 1.56 bits per heavy atom. The number of aliphatic carboxylic acids is 1. The number of nitrogens with one attached hydrogen (secondary N) is 1. The third-order valence-electron chi connectivity index (χ3n) is 2.43. The van der Waals surface area contributed by atoms with Gasteiger partial charge in [-0.05, 0) is 30.1 Å². The summed E-state index contributed by atoms with van der Waals surface area (Å²) >= 11 is 1.74. The van der Waals surface area contributed by atoms with Crippen molar-refractivity contribution in [2.45, 2.75) is 13.5 Å². The highest BCUT2D eigenvalue weighted by Crippen LogP contribution is 2.05. The van der Waals surface area contributed by atoms with Gasteiger partial charge in [0.2, 0.25) is 0 Å². The van der Waals surface area contributed by atoms with Crippen LogP contribution in [0, 0.1) is 5.92 Å². The van der Waals surface area contributed by atoms with Gasteiger partial charge in [0.1, 0.15) is 12.2 Å². The van der Waals surface area contributed by atoms with Crippen molar-refractivity contribution in [3.8, 4) is 0 Å². The first-order valence-electron chi connectivity index (χ1n) is 5.68. The summed E-state index contributed by atoms with van der Waals surface area (Å²) in [5.41, 5.74) is 0.383. The molecule has 0 aliphatic rings. The molecular weight excluding hydrogens is 252 g/mol. The van der Waals surface area contributed by atoms with E-state index >= 15 is 0 Å². The van der Waals surface area contributed by atoms with Gasteiger partial charge in [-0.3, -0.25) is 9.59 Å². The standard InChI is InChI=1S/C12H18N2O3S/c1-9(8-18-2)6-13-12(17)10-4-3-5-14(10)7-11(15)16/h3-5,9H,6-8H2,1-2H3,(H,13,17)(H,15,16). The normalized spacial score (nSPS) is 12.1. The lowest BCUT2D eigenvalue weighted by Gasteiger charge is -2.12. The van der Waals surface area contributed by atoms with E-state index in [2.05, 4.69) is 12.2 Å². The second-order valence-corrected chi connectivity index (χ2v) is 5.10. The van der Waals surface area contributed by atoms with E-state index in [-0.39, 0.29) is 12.5 Å². The number of amides is 1. The zero-order valence-electron chi connectivity index (χ0n) is 10.5. The third kappa shape index (κ3) is 4.44. The Hall–Kier alpha value is -1.43. The smallest absolute Gasteiger partial charge is 0.323 e. The molecule has 0 spiro atoms. The molecule has 0 aliphatic carbocycles. The maximum atomic E-state index is 11.9. The van der Waals surface area contributed by atoms with Gasteiger partial charge in [-0.1, -0.05) is 6.92 Å². The summed E-state index contributed by atoms with van der Waals surface area (Å²) in [5.74, 6) is 0.188. The molecule has 0 bridgehead atoms. The summed E-state index contributed by atoms with van der Waals surface area (Å²) in [7, 11) is 0. The summed E-state index contributed by atoms with van der Waals surface area (Å²) in [4.78, 5) is 22.5. The number of carboxylic acid groups (broad SMARTS) is 1. The zero-order chi connectivity index (χ0) is 13.5. The molecule has 0 aliphatic heterocycles. The number of carbonyl (C=O) groups excluding carboxylic acids is 1. The minimum atomic E-state index is -0.962. The van der Waals surface area contributed by atoms with Crippen LogP contribution in [0.15, 0.2) is 18.3 Å². The van der Waals surface area contributed by atoms with Crippen molar-refractivity contribution in [3.05, 3.63) is 24.0 Å². The molecule has 18 heavy (non-hydrogen) atoms. The first-order chi connectivity index (χ1) is 8.54. The Morgan fingerprint density at radius 2 is 2.28 bits per heavy atom. The van der Waals surface area contributed by atoms with Gasteiger partial charge in [-0.2, -0.15) is 11.8 Å². The number of carboxylic acids is 1. The van der Waals surface area contributed by atoms with Crippen molar-refractivity contribution >= 4 is 23.6 Å². The minimum absolute atomic E-state index is 0.198. The van der Waals surface area contributed by atoms with Crippen molar-refractivity contribution in [2.75, 3.05) is 18.6 Å². The first kappa shape index (κ1) is 14.6. The van der Waals surface area contributed by atoms with Gasteiger partial charge in [0.15, 0.2) is 0 Å². The molecule has 1 aromatic heterocycles. The SMILES string of the molecule is CSCC(C)CNC(=O)c1cccn1CC(=O)O.